The number of nitrogens with one attached hydrogen (secondary N) is 2. The number of fused-ring (bicyclic) bond motifs is 1. The van der Waals surface area contributed by atoms with Crippen LogP contribution >= 0.6 is 0 Å². The van der Waals surface area contributed by atoms with Gasteiger partial charge in [0.05, 0.1) is 16.6 Å². The van der Waals surface area contributed by atoms with E-state index in [1.807, 2.05) is 31.2 Å². The minimum absolute atomic E-state index is 0.201. The van der Waals surface area contributed by atoms with Crippen LogP contribution in [0, 0.1) is 0 Å². The van der Waals surface area contributed by atoms with Gasteiger partial charge in [-0.2, -0.15) is 0 Å². The normalized spacial score (nSPS) is 10.9. The highest BCUT2D eigenvalue weighted by atomic mass is 16.5. The maximum Gasteiger partial charge on any atom is 0.257 e. The van der Waals surface area contributed by atoms with Gasteiger partial charge in [-0.3, -0.25) is 4.79 Å². The predicted octanol–water partition coefficient (Wildman–Crippen LogP) is 3.15. The molecule has 2 N–H and O–H groups in total. The zero-order valence-corrected chi connectivity index (χ0v) is 13.8. The maximum atomic E-state index is 12.5. The zero-order valence-electron chi connectivity index (χ0n) is 13.8. The Morgan fingerprint density at radius 3 is 2.92 bits per heavy atom. The first-order valence-electron chi connectivity index (χ1n) is 8.06. The van der Waals surface area contributed by atoms with Gasteiger partial charge in [0.15, 0.2) is 0 Å². The number of aryl methyl sites for hydroxylation is 1. The molecule has 6 nitrogen and oxygen atoms in total. The van der Waals surface area contributed by atoms with Crippen molar-refractivity contribution in [1.82, 2.24) is 15.5 Å². The van der Waals surface area contributed by atoms with Crippen LogP contribution in [0.15, 0.2) is 41.1 Å². The average molecular weight is 324 g/mol. The summed E-state index contributed by atoms with van der Waals surface area (Å²) in [6.07, 6.45) is 2.23. The van der Waals surface area contributed by atoms with Crippen molar-refractivity contribution in [3.8, 4) is 0 Å². The summed E-state index contributed by atoms with van der Waals surface area (Å²) in [5, 5.41) is 10.9. The molecule has 0 aliphatic heterocycles. The highest BCUT2D eigenvalue weighted by molar-refractivity contribution is 6.05. The van der Waals surface area contributed by atoms with E-state index in [9.17, 15) is 4.79 Å². The van der Waals surface area contributed by atoms with E-state index in [1.165, 1.54) is 6.20 Å². The molecule has 0 radical (unpaired) electrons. The number of benzene rings is 1. The summed E-state index contributed by atoms with van der Waals surface area (Å²) >= 11 is 0. The van der Waals surface area contributed by atoms with Crippen LogP contribution in [0.1, 0.15) is 35.5 Å². The van der Waals surface area contributed by atoms with Gasteiger partial charge in [-0.05, 0) is 36.7 Å². The monoisotopic (exact) mass is 324 g/mol. The minimum atomic E-state index is -0.201. The van der Waals surface area contributed by atoms with E-state index in [1.54, 1.807) is 6.07 Å². The van der Waals surface area contributed by atoms with Crippen molar-refractivity contribution < 1.29 is 9.32 Å². The largest absolute Gasteiger partial charge is 0.336 e. The van der Waals surface area contributed by atoms with Gasteiger partial charge in [0.25, 0.3) is 11.6 Å². The lowest BCUT2D eigenvalue weighted by molar-refractivity contribution is 0.102. The molecular formula is C18H20N4O2. The molecule has 0 aliphatic carbocycles. The highest BCUT2D eigenvalue weighted by Crippen LogP contribution is 2.19. The van der Waals surface area contributed by atoms with Crippen molar-refractivity contribution in [3.05, 3.63) is 53.3 Å². The summed E-state index contributed by atoms with van der Waals surface area (Å²) in [6.45, 7) is 5.72. The Kier molecular flexibility index (Phi) is 4.86. The van der Waals surface area contributed by atoms with Crippen molar-refractivity contribution in [2.45, 2.75) is 26.8 Å². The average Bonchev–Trinajstić information content (AvgIpc) is 3.02. The smallest absolute Gasteiger partial charge is 0.257 e. The van der Waals surface area contributed by atoms with Gasteiger partial charge in [-0.15, -0.1) is 0 Å². The molecule has 3 rings (SSSR count). The van der Waals surface area contributed by atoms with Gasteiger partial charge in [-0.1, -0.05) is 31.1 Å². The van der Waals surface area contributed by atoms with Crippen molar-refractivity contribution in [3.63, 3.8) is 0 Å². The second-order valence-electron chi connectivity index (χ2n) is 5.49. The summed E-state index contributed by atoms with van der Waals surface area (Å²) in [7, 11) is 0. The Morgan fingerprint density at radius 2 is 2.12 bits per heavy atom. The van der Waals surface area contributed by atoms with Crippen LogP contribution in [0.2, 0.25) is 0 Å². The van der Waals surface area contributed by atoms with Gasteiger partial charge < -0.3 is 15.2 Å². The zero-order chi connectivity index (χ0) is 16.9. The Morgan fingerprint density at radius 1 is 1.25 bits per heavy atom. The number of hydrogen-bond acceptors (Lipinski definition) is 5. The second-order valence-corrected chi connectivity index (χ2v) is 5.49. The van der Waals surface area contributed by atoms with Crippen molar-refractivity contribution in [2.75, 3.05) is 11.9 Å². The minimum Gasteiger partial charge on any atom is -0.336 e. The number of amides is 1. The molecule has 0 fully saturated rings. The number of carbonyl (C=O) groups excluding carboxylic acids is 1. The first-order chi connectivity index (χ1) is 11.7. The number of pyridine rings is 1. The first kappa shape index (κ1) is 16.1. The molecule has 2 aromatic heterocycles. The molecule has 2 heterocycles. The molecule has 3 aromatic rings. The molecule has 0 atom stereocenters. The maximum absolute atomic E-state index is 12.5. The fourth-order valence-corrected chi connectivity index (χ4v) is 2.49. The van der Waals surface area contributed by atoms with Crippen LogP contribution in [0.4, 0.5) is 5.69 Å². The van der Waals surface area contributed by atoms with E-state index in [-0.39, 0.29) is 5.91 Å². The Bertz CT molecular complexity index is 857. The number of anilines is 1. The molecular weight excluding hydrogens is 304 g/mol. The van der Waals surface area contributed by atoms with Gasteiger partial charge in [0, 0.05) is 18.4 Å². The Hall–Kier alpha value is -2.73. The highest BCUT2D eigenvalue weighted by Gasteiger charge is 2.13. The molecule has 124 valence electrons. The molecule has 6 heteroatoms. The van der Waals surface area contributed by atoms with Crippen LogP contribution in [0.3, 0.4) is 0 Å². The number of rotatable bonds is 6. The molecule has 1 amide bonds. The molecule has 0 bridgehead atoms. The molecule has 0 spiro atoms. The van der Waals surface area contributed by atoms with E-state index < -0.39 is 0 Å². The quantitative estimate of drug-likeness (QED) is 0.728. The van der Waals surface area contributed by atoms with Crippen LogP contribution in [0.25, 0.3) is 11.1 Å². The van der Waals surface area contributed by atoms with Gasteiger partial charge >= 0.3 is 0 Å². The second kappa shape index (κ2) is 7.23. The van der Waals surface area contributed by atoms with E-state index in [4.69, 9.17) is 4.52 Å². The SMILES string of the molecule is CCNCc1cccc(NC(=O)c2cnc3onc(CC)c3c2)c1. The van der Waals surface area contributed by atoms with E-state index in [0.29, 0.717) is 11.3 Å². The van der Waals surface area contributed by atoms with Crippen molar-refractivity contribution >= 4 is 22.7 Å². The summed E-state index contributed by atoms with van der Waals surface area (Å²) in [5.41, 5.74) is 3.63. The molecule has 1 aromatic carbocycles. The third-order valence-electron chi connectivity index (χ3n) is 3.77. The molecule has 0 saturated heterocycles. The fourth-order valence-electron chi connectivity index (χ4n) is 2.49. The lowest BCUT2D eigenvalue weighted by Gasteiger charge is -2.08. The van der Waals surface area contributed by atoms with Crippen molar-refractivity contribution in [1.29, 1.82) is 0 Å². The number of carbonyl (C=O) groups is 1. The lowest BCUT2D eigenvalue weighted by atomic mass is 10.1. The number of aromatic nitrogens is 2. The predicted molar refractivity (Wildman–Crippen MR) is 93.0 cm³/mol. The van der Waals surface area contributed by atoms with Crippen LogP contribution in [-0.2, 0) is 13.0 Å². The summed E-state index contributed by atoms with van der Waals surface area (Å²) in [5.74, 6) is -0.201. The third kappa shape index (κ3) is 3.44. The standard InChI is InChI=1S/C18H20N4O2/c1-3-16-15-9-13(11-20-18(15)24-22-16)17(23)21-14-7-5-6-12(8-14)10-19-4-2/h5-9,11,19H,3-4,10H2,1-2H3,(H,21,23). The van der Waals surface area contributed by atoms with Gasteiger partial charge in [-0.25, -0.2) is 4.98 Å². The Labute approximate surface area is 140 Å². The molecule has 0 unspecified atom stereocenters. The summed E-state index contributed by atoms with van der Waals surface area (Å²) in [4.78, 5) is 16.7. The Balaban J connectivity index is 1.79. The number of nitrogens with zero attached hydrogens (tertiary/aromatic N) is 2. The third-order valence-corrected chi connectivity index (χ3v) is 3.77. The van der Waals surface area contributed by atoms with E-state index >= 15 is 0 Å². The van der Waals surface area contributed by atoms with Crippen LogP contribution in [-0.4, -0.2) is 22.6 Å². The first-order valence-corrected chi connectivity index (χ1v) is 8.06. The summed E-state index contributed by atoms with van der Waals surface area (Å²) < 4.78 is 5.15. The summed E-state index contributed by atoms with van der Waals surface area (Å²) in [6, 6.07) is 9.56. The van der Waals surface area contributed by atoms with Crippen molar-refractivity contribution in [2.24, 2.45) is 0 Å². The number of hydrogen-bond donors (Lipinski definition) is 2. The van der Waals surface area contributed by atoms with Crippen LogP contribution in [0.5, 0.6) is 0 Å². The molecule has 0 aliphatic rings. The topological polar surface area (TPSA) is 80.0 Å². The van der Waals surface area contributed by atoms with E-state index in [2.05, 4.69) is 27.7 Å². The molecule has 24 heavy (non-hydrogen) atoms. The fraction of sp³-hybridized carbons (Fsp3) is 0.278. The van der Waals surface area contributed by atoms with Crippen LogP contribution < -0.4 is 10.6 Å². The molecule has 0 saturated carbocycles. The van der Waals surface area contributed by atoms with Gasteiger partial charge in [0.2, 0.25) is 0 Å². The van der Waals surface area contributed by atoms with Gasteiger partial charge in [0.1, 0.15) is 0 Å². The lowest BCUT2D eigenvalue weighted by Crippen LogP contribution is -2.14. The van der Waals surface area contributed by atoms with E-state index in [0.717, 1.165) is 41.8 Å².